The van der Waals surface area contributed by atoms with E-state index in [0.29, 0.717) is 137 Å². The van der Waals surface area contributed by atoms with E-state index in [1.807, 2.05) is 35.0 Å². The molecule has 450 valence electrons. The van der Waals surface area contributed by atoms with E-state index < -0.39 is 16.7 Å². The highest BCUT2D eigenvalue weighted by Crippen LogP contribution is 2.57. The summed E-state index contributed by atoms with van der Waals surface area (Å²) in [6.07, 6.45) is 17.1. The molecule has 5 aromatic heterocycles. The molecule has 11 rings (SSSR count). The lowest BCUT2D eigenvalue weighted by atomic mass is 9.59. The number of aryl methyl sites for hydroxylation is 1. The molecule has 1 unspecified atom stereocenters. The highest BCUT2D eigenvalue weighted by atomic mass is 32.1. The number of aliphatic imine (C=N–C) groups is 1. The number of nitriles is 2. The Balaban J connectivity index is 0.966. The zero-order chi connectivity index (χ0) is 60.9. The Bertz CT molecular complexity index is 3710. The molecule has 0 radical (unpaired) electrons. The fraction of sp³-hybridized carbons (Fsp3) is 0.500. The third-order valence-corrected chi connectivity index (χ3v) is 21.4. The molecule has 86 heavy (non-hydrogen) atoms. The van der Waals surface area contributed by atoms with Crippen LogP contribution in [0.2, 0.25) is 0 Å². The minimum absolute atomic E-state index is 0.0436. The van der Waals surface area contributed by atoms with Crippen LogP contribution < -0.4 is 38.5 Å². The Hall–Kier alpha value is -7.76. The molecule has 22 heteroatoms. The van der Waals surface area contributed by atoms with Crippen LogP contribution in [0.5, 0.6) is 0 Å². The fourth-order valence-electron chi connectivity index (χ4n) is 14.7. The molecule has 0 bridgehead atoms. The third-order valence-electron chi connectivity index (χ3n) is 19.2. The number of hydrogen-bond acceptors (Lipinski definition) is 21. The molecule has 20 nitrogen and oxygen atoms in total. The molecule has 0 amide bonds. The van der Waals surface area contributed by atoms with E-state index in [4.69, 9.17) is 53.6 Å². The van der Waals surface area contributed by atoms with Gasteiger partial charge in [-0.1, -0.05) is 6.08 Å². The number of carbonyl (C=O) groups excluding carboxylic acids is 2. The molecule has 7 heterocycles. The Kier molecular flexibility index (Phi) is 16.9. The summed E-state index contributed by atoms with van der Waals surface area (Å²) in [6, 6.07) is 9.30. The van der Waals surface area contributed by atoms with Gasteiger partial charge in [-0.2, -0.15) is 10.5 Å². The lowest BCUT2D eigenvalue weighted by Crippen LogP contribution is -2.44. The first-order chi connectivity index (χ1) is 41.4. The summed E-state index contributed by atoms with van der Waals surface area (Å²) < 4.78 is 1.81. The summed E-state index contributed by atoms with van der Waals surface area (Å²) >= 11 is 2.72. The van der Waals surface area contributed by atoms with Crippen molar-refractivity contribution in [2.45, 2.75) is 159 Å². The highest BCUT2D eigenvalue weighted by molar-refractivity contribution is 7.16. The van der Waals surface area contributed by atoms with Gasteiger partial charge >= 0.3 is 0 Å². The first-order valence-corrected chi connectivity index (χ1v) is 32.1. The number of carbonyl (C=O) groups is 2. The molecule has 10 N–H and O–H groups in total. The van der Waals surface area contributed by atoms with Crippen LogP contribution in [0.15, 0.2) is 65.7 Å². The van der Waals surface area contributed by atoms with Crippen molar-refractivity contribution in [2.24, 2.45) is 22.2 Å². The van der Waals surface area contributed by atoms with Crippen molar-refractivity contribution < 1.29 is 9.59 Å². The van der Waals surface area contributed by atoms with Gasteiger partial charge in [0, 0.05) is 127 Å². The maximum atomic E-state index is 15.7. The number of fused-ring (bicyclic) bond motifs is 4. The second kappa shape index (κ2) is 24.2. The van der Waals surface area contributed by atoms with Crippen LogP contribution in [0.3, 0.4) is 0 Å². The largest absolute Gasteiger partial charge is 0.397 e. The number of Topliss-reactive ketones (excluding diaryl/α,β-unsaturated/α-hetero) is 2. The van der Waals surface area contributed by atoms with E-state index >= 15 is 9.59 Å². The number of nitrogens with zero attached hydrogens (tertiary/aromatic N) is 13. The zero-order valence-corrected chi connectivity index (χ0v) is 52.0. The molecular formula is C64H80N18O2S2. The molecule has 0 aromatic carbocycles. The van der Waals surface area contributed by atoms with Gasteiger partial charge in [0.25, 0.3) is 0 Å². The van der Waals surface area contributed by atoms with Crippen molar-refractivity contribution in [2.75, 3.05) is 67.6 Å². The number of imidazole rings is 1. The average Bonchev–Trinajstić information content (AvgIpc) is 1.42. The van der Waals surface area contributed by atoms with Crippen molar-refractivity contribution in [3.63, 3.8) is 0 Å². The van der Waals surface area contributed by atoms with Crippen molar-refractivity contribution in [3.8, 4) is 18.0 Å². The lowest BCUT2D eigenvalue weighted by molar-refractivity contribution is -0.123. The van der Waals surface area contributed by atoms with Gasteiger partial charge < -0.3 is 38.5 Å². The van der Waals surface area contributed by atoms with Crippen LogP contribution in [0, 0.1) is 22.7 Å². The average molecular weight is 1200 g/mol. The normalized spacial score (nSPS) is 25.7. The van der Waals surface area contributed by atoms with E-state index in [-0.39, 0.29) is 52.3 Å². The molecule has 2 saturated heterocycles. The van der Waals surface area contributed by atoms with Gasteiger partial charge in [0.15, 0.2) is 23.2 Å². The molecule has 4 fully saturated rings. The van der Waals surface area contributed by atoms with E-state index in [0.717, 1.165) is 80.3 Å². The number of aromatic nitrogens is 6. The van der Waals surface area contributed by atoms with Crippen molar-refractivity contribution in [1.82, 2.24) is 39.3 Å². The Morgan fingerprint density at radius 1 is 0.744 bits per heavy atom. The molecule has 2 aliphatic heterocycles. The minimum atomic E-state index is -1.11. The summed E-state index contributed by atoms with van der Waals surface area (Å²) in [6.45, 7) is 20.2. The second-order valence-electron chi connectivity index (χ2n) is 24.7. The van der Waals surface area contributed by atoms with Crippen LogP contribution in [-0.4, -0.2) is 127 Å². The van der Waals surface area contributed by atoms with Crippen LogP contribution in [0.4, 0.5) is 21.6 Å². The fourth-order valence-corrected chi connectivity index (χ4v) is 17.1. The third kappa shape index (κ3) is 10.6. The van der Waals surface area contributed by atoms with Gasteiger partial charge in [-0.3, -0.25) is 28.9 Å². The van der Waals surface area contributed by atoms with Gasteiger partial charge in [-0.15, -0.1) is 29.3 Å². The van der Waals surface area contributed by atoms with Gasteiger partial charge in [0.05, 0.1) is 50.8 Å². The van der Waals surface area contributed by atoms with Crippen LogP contribution >= 0.6 is 22.7 Å². The van der Waals surface area contributed by atoms with Crippen LogP contribution in [-0.2, 0) is 26.8 Å². The topological polar surface area (TPSA) is 307 Å². The second-order valence-corrected chi connectivity index (χ2v) is 26.9. The van der Waals surface area contributed by atoms with Crippen LogP contribution in [0.25, 0.3) is 22.9 Å². The van der Waals surface area contributed by atoms with Gasteiger partial charge in [0.1, 0.15) is 45.9 Å². The number of anilines is 4. The number of thiophene rings is 2. The van der Waals surface area contributed by atoms with Crippen molar-refractivity contribution >= 4 is 78.7 Å². The number of ketones is 2. The maximum Gasteiger partial charge on any atom is 0.179 e. The van der Waals surface area contributed by atoms with E-state index in [2.05, 4.69) is 77.9 Å². The highest BCUT2D eigenvalue weighted by Gasteiger charge is 2.53. The standard InChI is InChI=1S/C64H80N18O2S2/c1-8-39-34-79(37(4)5)24-13-26-82(39)51-30-49(80-27-22-73-35-80)75-62(77-51)55(69)42-15-10-19-64(58(42)84)21-17-40(56-53(64)44(32-66)60(71)86-56)46(72-7)28-45(67)47-29-50(81-25-12-23-78(36(2)3)33-38(81)6)76-61(74-47)54(68)41-14-9-18-63(57(41)83)20-11-16-48-52(63)43(31-65)59(70)85-48/h8,22,27-30,35-40H,1,9-21,23-26,33-34,67-71H2,2-7H3/b45-28-,54-41-,55-42-,72-46?/t38-,39-,40?,63-,64-/m0/s1. The molecular weight excluding hydrogens is 1120 g/mol. The van der Waals surface area contributed by atoms with E-state index in [1.165, 1.54) is 22.7 Å². The predicted octanol–water partition coefficient (Wildman–Crippen LogP) is 8.27. The number of rotatable bonds is 11. The number of hydrogen-bond donors (Lipinski definition) is 5. The molecule has 5 aromatic rings. The van der Waals surface area contributed by atoms with Crippen molar-refractivity contribution in [1.29, 1.82) is 10.5 Å². The molecule has 5 atom stereocenters. The Labute approximate surface area is 512 Å². The van der Waals surface area contributed by atoms with Gasteiger partial charge in [0.2, 0.25) is 0 Å². The van der Waals surface area contributed by atoms with E-state index in [9.17, 15) is 10.5 Å². The molecule has 4 aliphatic carbocycles. The van der Waals surface area contributed by atoms with Crippen molar-refractivity contribution in [3.05, 3.63) is 110 Å². The zero-order valence-electron chi connectivity index (χ0n) is 50.4. The van der Waals surface area contributed by atoms with Gasteiger partial charge in [-0.25, -0.2) is 24.9 Å². The number of nitrogens with two attached hydrogens (primary N) is 5. The molecule has 2 saturated carbocycles. The maximum absolute atomic E-state index is 15.7. The van der Waals surface area contributed by atoms with Gasteiger partial charge in [-0.05, 0) is 130 Å². The molecule has 6 aliphatic rings. The summed E-state index contributed by atoms with van der Waals surface area (Å²) in [5.74, 6) is 1.65. The number of allylic oxidation sites excluding steroid dienone is 3. The first-order valence-electron chi connectivity index (χ1n) is 30.4. The van der Waals surface area contributed by atoms with E-state index in [1.54, 1.807) is 19.6 Å². The SMILES string of the molecule is C=C[C@H]1CN(C(C)C)CCCN1c1cc(-n2ccnc2)nc(/C(N)=C2\CCC[C@@]3(CCC(C(/C=C(\N)c4cc(N5CCCN(C(C)C)C[C@@H]5C)nc(/C(N)=C5\CCC[C@@]6(CCCc7sc(N)c(C#N)c76)C5=O)n4)=NC)c4sc(N)c(C#N)c43)C2=O)n1. The lowest BCUT2D eigenvalue weighted by Gasteiger charge is -2.42. The van der Waals surface area contributed by atoms with Crippen LogP contribution in [0.1, 0.15) is 167 Å². The summed E-state index contributed by atoms with van der Waals surface area (Å²) in [5.41, 5.74) is 37.7. The monoisotopic (exact) mass is 1200 g/mol. The Morgan fingerprint density at radius 3 is 1.92 bits per heavy atom. The predicted molar refractivity (Wildman–Crippen MR) is 343 cm³/mol. The number of nitrogen functional groups attached to an aromatic ring is 2. The minimum Gasteiger partial charge on any atom is -0.397 e. The summed E-state index contributed by atoms with van der Waals surface area (Å²) in [5, 5.41) is 22.1. The first kappa shape index (κ1) is 59.9. The Morgan fingerprint density at radius 2 is 1.31 bits per heavy atom. The summed E-state index contributed by atoms with van der Waals surface area (Å²) in [7, 11) is 1.71. The summed E-state index contributed by atoms with van der Waals surface area (Å²) in [4.78, 5) is 71.8. The quantitative estimate of drug-likeness (QED) is 0.0472. The molecule has 2 spiro atoms. The smallest absolute Gasteiger partial charge is 0.179 e.